The van der Waals surface area contributed by atoms with Crippen LogP contribution >= 0.6 is 0 Å². The molecule has 2 aromatic heterocycles. The van der Waals surface area contributed by atoms with E-state index in [9.17, 15) is 0 Å². The largest absolute Gasteiger partial charge is 0.264 e. The molecule has 1 aliphatic rings. The van der Waals surface area contributed by atoms with E-state index in [0.29, 0.717) is 5.82 Å². The maximum atomic E-state index is 5.19. The maximum Gasteiger partial charge on any atom is 0.161 e. The molecule has 0 saturated heterocycles. The van der Waals surface area contributed by atoms with Crippen LogP contribution in [0.15, 0.2) is 176 Å². The lowest BCUT2D eigenvalue weighted by Crippen LogP contribution is -1.98. The van der Waals surface area contributed by atoms with E-state index in [1.54, 1.807) is 6.20 Å². The lowest BCUT2D eigenvalue weighted by Gasteiger charge is -2.15. The van der Waals surface area contributed by atoms with Crippen molar-refractivity contribution in [2.45, 2.75) is 12.8 Å². The van der Waals surface area contributed by atoms with Gasteiger partial charge in [-0.25, -0.2) is 9.97 Å². The minimum absolute atomic E-state index is 0.644. The summed E-state index contributed by atoms with van der Waals surface area (Å²) in [6.45, 7) is 0. The maximum absolute atomic E-state index is 5.19. The average molecular weight is 616 g/mol. The molecule has 0 fully saturated rings. The van der Waals surface area contributed by atoms with Crippen LogP contribution < -0.4 is 0 Å². The van der Waals surface area contributed by atoms with Crippen LogP contribution in [0, 0.1) is 0 Å². The second-order valence-corrected chi connectivity index (χ2v) is 12.0. The highest BCUT2D eigenvalue weighted by Crippen LogP contribution is 2.37. The normalized spacial score (nSPS) is 12.5. The minimum atomic E-state index is 0.644. The van der Waals surface area contributed by atoms with Crippen molar-refractivity contribution in [1.29, 1.82) is 0 Å². The first-order valence-corrected chi connectivity index (χ1v) is 16.4. The standard InChI is InChI=1S/C45H33N3/c1-5-14-32(15-6-1)37-24-38(33-16-7-2-8-17-33)27-41(26-37)43-30-44(48-45(47-43)36-22-13-23-46-31-36)42-28-39(34-18-9-3-10-19-34)25-40(29-42)35-20-11-4-12-21-35/h1-3,5-11,13-31H,4,12H2. The third-order valence-corrected chi connectivity index (χ3v) is 8.75. The fourth-order valence-corrected chi connectivity index (χ4v) is 6.30. The fourth-order valence-electron chi connectivity index (χ4n) is 6.30. The zero-order chi connectivity index (χ0) is 32.1. The van der Waals surface area contributed by atoms with E-state index in [0.717, 1.165) is 68.7 Å². The molecular weight excluding hydrogens is 583 g/mol. The van der Waals surface area contributed by atoms with E-state index in [-0.39, 0.29) is 0 Å². The molecule has 0 unspecified atom stereocenters. The van der Waals surface area contributed by atoms with Crippen molar-refractivity contribution in [1.82, 2.24) is 15.0 Å². The Morgan fingerprint density at radius 2 is 0.875 bits per heavy atom. The van der Waals surface area contributed by atoms with Crippen LogP contribution in [0.5, 0.6) is 0 Å². The van der Waals surface area contributed by atoms with Crippen molar-refractivity contribution in [2.75, 3.05) is 0 Å². The Balaban J connectivity index is 1.35. The van der Waals surface area contributed by atoms with Gasteiger partial charge in [0, 0.05) is 29.1 Å². The number of hydrogen-bond acceptors (Lipinski definition) is 3. The summed E-state index contributed by atoms with van der Waals surface area (Å²) in [5, 5.41) is 0. The number of hydrogen-bond donors (Lipinski definition) is 0. The summed E-state index contributed by atoms with van der Waals surface area (Å²) in [6, 6.07) is 51.3. The monoisotopic (exact) mass is 615 g/mol. The summed E-state index contributed by atoms with van der Waals surface area (Å²) < 4.78 is 0. The average Bonchev–Trinajstić information content (AvgIpc) is 3.19. The van der Waals surface area contributed by atoms with E-state index in [2.05, 4.69) is 157 Å². The van der Waals surface area contributed by atoms with Crippen molar-refractivity contribution in [2.24, 2.45) is 0 Å². The molecule has 7 aromatic rings. The van der Waals surface area contributed by atoms with Crippen LogP contribution in [0.4, 0.5) is 0 Å². The predicted molar refractivity (Wildman–Crippen MR) is 199 cm³/mol. The summed E-state index contributed by atoms with van der Waals surface area (Å²) in [4.78, 5) is 14.8. The molecule has 2 heterocycles. The molecule has 0 aliphatic heterocycles. The Kier molecular flexibility index (Phi) is 8.08. The van der Waals surface area contributed by atoms with Gasteiger partial charge in [-0.2, -0.15) is 0 Å². The third kappa shape index (κ3) is 6.27. The molecule has 0 spiro atoms. The number of allylic oxidation sites excluding steroid dienone is 4. The van der Waals surface area contributed by atoms with Crippen molar-refractivity contribution in [3.63, 3.8) is 0 Å². The van der Waals surface area contributed by atoms with Gasteiger partial charge in [-0.05, 0) is 112 Å². The molecule has 8 rings (SSSR count). The van der Waals surface area contributed by atoms with E-state index in [4.69, 9.17) is 9.97 Å². The number of pyridine rings is 1. The lowest BCUT2D eigenvalue weighted by molar-refractivity contribution is 1.04. The number of aromatic nitrogens is 3. The zero-order valence-electron chi connectivity index (χ0n) is 26.5. The Bertz CT molecular complexity index is 2200. The van der Waals surface area contributed by atoms with Crippen LogP contribution in [-0.2, 0) is 0 Å². The molecule has 228 valence electrons. The van der Waals surface area contributed by atoms with Crippen LogP contribution in [-0.4, -0.2) is 15.0 Å². The van der Waals surface area contributed by atoms with Crippen molar-refractivity contribution in [3.8, 4) is 67.3 Å². The first-order chi connectivity index (χ1) is 23.8. The molecule has 0 bridgehead atoms. The molecule has 0 saturated carbocycles. The van der Waals surface area contributed by atoms with E-state index in [1.807, 2.05) is 18.3 Å². The Morgan fingerprint density at radius 3 is 1.35 bits per heavy atom. The van der Waals surface area contributed by atoms with Gasteiger partial charge in [0.2, 0.25) is 0 Å². The molecule has 1 aliphatic carbocycles. The molecule has 0 atom stereocenters. The SMILES string of the molecule is C1=CC(c2cc(-c3ccccc3)cc(-c3cc(-c4cc(-c5ccccc5)cc(-c5ccccc5)c4)nc(-c4cccnc4)n3)c2)=CCC1. The Labute approximate surface area is 281 Å². The van der Waals surface area contributed by atoms with Gasteiger partial charge >= 0.3 is 0 Å². The molecule has 0 radical (unpaired) electrons. The number of nitrogens with zero attached hydrogens (tertiary/aromatic N) is 3. The molecule has 48 heavy (non-hydrogen) atoms. The van der Waals surface area contributed by atoms with E-state index >= 15 is 0 Å². The molecule has 0 N–H and O–H groups in total. The second kappa shape index (κ2) is 13.3. The first kappa shape index (κ1) is 29.2. The van der Waals surface area contributed by atoms with E-state index in [1.165, 1.54) is 16.7 Å². The molecule has 0 amide bonds. The van der Waals surface area contributed by atoms with Crippen LogP contribution in [0.3, 0.4) is 0 Å². The predicted octanol–water partition coefficient (Wildman–Crippen LogP) is 11.6. The first-order valence-electron chi connectivity index (χ1n) is 16.4. The van der Waals surface area contributed by atoms with Gasteiger partial charge in [0.05, 0.1) is 11.4 Å². The molecule has 3 heteroatoms. The number of rotatable bonds is 7. The van der Waals surface area contributed by atoms with Gasteiger partial charge in [0.1, 0.15) is 0 Å². The Morgan fingerprint density at radius 1 is 0.396 bits per heavy atom. The highest BCUT2D eigenvalue weighted by Gasteiger charge is 2.16. The second-order valence-electron chi connectivity index (χ2n) is 12.0. The summed E-state index contributed by atoms with van der Waals surface area (Å²) in [6.07, 6.45) is 12.6. The van der Waals surface area contributed by atoms with Crippen molar-refractivity contribution >= 4 is 5.57 Å². The van der Waals surface area contributed by atoms with Gasteiger partial charge in [0.15, 0.2) is 5.82 Å². The molecular formula is C45H33N3. The third-order valence-electron chi connectivity index (χ3n) is 8.75. The quantitative estimate of drug-likeness (QED) is 0.179. The lowest BCUT2D eigenvalue weighted by atomic mass is 9.92. The van der Waals surface area contributed by atoms with Crippen LogP contribution in [0.2, 0.25) is 0 Å². The molecule has 3 nitrogen and oxygen atoms in total. The highest BCUT2D eigenvalue weighted by molar-refractivity contribution is 5.85. The number of benzene rings is 5. The summed E-state index contributed by atoms with van der Waals surface area (Å²) in [7, 11) is 0. The minimum Gasteiger partial charge on any atom is -0.264 e. The van der Waals surface area contributed by atoms with Crippen LogP contribution in [0.25, 0.3) is 72.9 Å². The van der Waals surface area contributed by atoms with Crippen LogP contribution in [0.1, 0.15) is 18.4 Å². The summed E-state index contributed by atoms with van der Waals surface area (Å²) in [5.74, 6) is 0.644. The topological polar surface area (TPSA) is 38.7 Å². The summed E-state index contributed by atoms with van der Waals surface area (Å²) in [5.41, 5.74) is 14.0. The van der Waals surface area contributed by atoms with E-state index < -0.39 is 0 Å². The smallest absolute Gasteiger partial charge is 0.161 e. The Hall–Kier alpha value is -6.19. The summed E-state index contributed by atoms with van der Waals surface area (Å²) >= 11 is 0. The van der Waals surface area contributed by atoms with Gasteiger partial charge < -0.3 is 0 Å². The zero-order valence-corrected chi connectivity index (χ0v) is 26.5. The fraction of sp³-hybridized carbons (Fsp3) is 0.0444. The van der Waals surface area contributed by atoms with Gasteiger partial charge in [-0.3, -0.25) is 4.98 Å². The highest BCUT2D eigenvalue weighted by atomic mass is 14.9. The van der Waals surface area contributed by atoms with Crippen molar-refractivity contribution < 1.29 is 0 Å². The van der Waals surface area contributed by atoms with Gasteiger partial charge in [-0.15, -0.1) is 0 Å². The van der Waals surface area contributed by atoms with Gasteiger partial charge in [-0.1, -0.05) is 109 Å². The van der Waals surface area contributed by atoms with Crippen molar-refractivity contribution in [3.05, 3.63) is 182 Å². The van der Waals surface area contributed by atoms with Gasteiger partial charge in [0.25, 0.3) is 0 Å². The molecule has 5 aromatic carbocycles.